The smallest absolute Gasteiger partial charge is 0.0386 e. The van der Waals surface area contributed by atoms with Crippen LogP contribution in [0.2, 0.25) is 0 Å². The predicted octanol–water partition coefficient (Wildman–Crippen LogP) is 2.83. The minimum Gasteiger partial charge on any atom is -0.0654 e. The first-order valence-electron chi connectivity index (χ1n) is 3.84. The zero-order chi connectivity index (χ0) is 5.98. The quantitative estimate of drug-likeness (QED) is 0.526. The lowest BCUT2D eigenvalue weighted by Gasteiger charge is -1.91. The molecule has 48 valence electrons. The minimum absolute atomic E-state index is 1.07. The molecule has 0 aromatic heterocycles. The third kappa shape index (κ3) is 1.50. The second kappa shape index (κ2) is 2.52. The van der Waals surface area contributed by atoms with E-state index in [1.165, 1.54) is 25.7 Å². The summed E-state index contributed by atoms with van der Waals surface area (Å²) in [5.74, 6) is 2.19. The van der Waals surface area contributed by atoms with E-state index >= 15 is 0 Å². The predicted molar refractivity (Wildman–Crippen MR) is 36.8 cm³/mol. The summed E-state index contributed by atoms with van der Waals surface area (Å²) < 4.78 is 0. The second-order valence-corrected chi connectivity index (χ2v) is 3.12. The van der Waals surface area contributed by atoms with Crippen molar-refractivity contribution in [3.63, 3.8) is 0 Å². The Morgan fingerprint density at radius 3 is 2.50 bits per heavy atom. The summed E-state index contributed by atoms with van der Waals surface area (Å²) in [5, 5.41) is 0. The van der Waals surface area contributed by atoms with Crippen LogP contribution in [0.15, 0.2) is 0 Å². The third-order valence-corrected chi connectivity index (χ3v) is 2.20. The van der Waals surface area contributed by atoms with Crippen molar-refractivity contribution in [3.05, 3.63) is 0 Å². The molecule has 0 nitrogen and oxygen atoms in total. The van der Waals surface area contributed by atoms with Crippen molar-refractivity contribution in [2.75, 3.05) is 0 Å². The van der Waals surface area contributed by atoms with Gasteiger partial charge in [-0.05, 0) is 18.3 Å². The maximum Gasteiger partial charge on any atom is -0.0386 e. The lowest BCUT2D eigenvalue weighted by molar-refractivity contribution is 0.620. The summed E-state index contributed by atoms with van der Waals surface area (Å²) in [6.45, 7) is 4.63. The van der Waals surface area contributed by atoms with E-state index in [4.69, 9.17) is 0 Å². The average molecular weight is 112 g/mol. The van der Waals surface area contributed by atoms with Crippen LogP contribution in [0.25, 0.3) is 0 Å². The Bertz CT molecular complexity index is 66.4. The van der Waals surface area contributed by atoms with Crippen molar-refractivity contribution < 1.29 is 0 Å². The van der Waals surface area contributed by atoms with Crippen LogP contribution in [-0.4, -0.2) is 0 Å². The standard InChI is InChI=1S/C8H16/c1-3-4-5-8-6-7(8)2/h7-8H,3-6H2,1-2H3/t7-,8-/m0/s1. The lowest BCUT2D eigenvalue weighted by atomic mass is 10.2. The summed E-state index contributed by atoms with van der Waals surface area (Å²) in [4.78, 5) is 0. The van der Waals surface area contributed by atoms with Gasteiger partial charge in [0, 0.05) is 0 Å². The summed E-state index contributed by atoms with van der Waals surface area (Å²) >= 11 is 0. The zero-order valence-corrected chi connectivity index (χ0v) is 5.98. The van der Waals surface area contributed by atoms with Gasteiger partial charge in [-0.1, -0.05) is 33.1 Å². The molecule has 0 aliphatic heterocycles. The van der Waals surface area contributed by atoms with Crippen LogP contribution in [0.3, 0.4) is 0 Å². The molecule has 0 saturated heterocycles. The van der Waals surface area contributed by atoms with E-state index in [1.54, 1.807) is 0 Å². The third-order valence-electron chi connectivity index (χ3n) is 2.20. The molecule has 1 fully saturated rings. The average Bonchev–Trinajstić information content (AvgIpc) is 2.42. The van der Waals surface area contributed by atoms with E-state index < -0.39 is 0 Å². The van der Waals surface area contributed by atoms with Crippen LogP contribution < -0.4 is 0 Å². The highest BCUT2D eigenvalue weighted by Crippen LogP contribution is 2.41. The molecule has 0 heteroatoms. The van der Waals surface area contributed by atoms with Gasteiger partial charge < -0.3 is 0 Å². The number of hydrogen-bond donors (Lipinski definition) is 0. The molecular weight excluding hydrogens is 96.1 g/mol. The van der Waals surface area contributed by atoms with Gasteiger partial charge >= 0.3 is 0 Å². The van der Waals surface area contributed by atoms with Crippen molar-refractivity contribution in [1.82, 2.24) is 0 Å². The van der Waals surface area contributed by atoms with Gasteiger partial charge in [-0.2, -0.15) is 0 Å². The molecule has 0 unspecified atom stereocenters. The summed E-state index contributed by atoms with van der Waals surface area (Å²) in [7, 11) is 0. The number of unbranched alkanes of at least 4 members (excludes halogenated alkanes) is 1. The molecule has 1 aliphatic carbocycles. The fourth-order valence-corrected chi connectivity index (χ4v) is 1.27. The van der Waals surface area contributed by atoms with E-state index in [2.05, 4.69) is 13.8 Å². The van der Waals surface area contributed by atoms with E-state index in [0.29, 0.717) is 0 Å². The molecule has 1 aliphatic rings. The fourth-order valence-electron chi connectivity index (χ4n) is 1.27. The van der Waals surface area contributed by atoms with Crippen LogP contribution in [0, 0.1) is 11.8 Å². The maximum absolute atomic E-state index is 2.36. The molecule has 0 heterocycles. The molecule has 0 radical (unpaired) electrons. The van der Waals surface area contributed by atoms with Crippen molar-refractivity contribution >= 4 is 0 Å². The molecule has 8 heavy (non-hydrogen) atoms. The highest BCUT2D eigenvalue weighted by molar-refractivity contribution is 4.81. The molecule has 0 aromatic carbocycles. The summed E-state index contributed by atoms with van der Waals surface area (Å²) in [6.07, 6.45) is 5.84. The SMILES string of the molecule is CCCC[C@H]1C[C@@H]1C. The van der Waals surface area contributed by atoms with Gasteiger partial charge in [0.05, 0.1) is 0 Å². The Labute approximate surface area is 52.3 Å². The highest BCUT2D eigenvalue weighted by Gasteiger charge is 2.30. The van der Waals surface area contributed by atoms with Crippen molar-refractivity contribution in [1.29, 1.82) is 0 Å². The van der Waals surface area contributed by atoms with Gasteiger partial charge in [-0.3, -0.25) is 0 Å². The van der Waals surface area contributed by atoms with Crippen LogP contribution in [-0.2, 0) is 0 Å². The Kier molecular flexibility index (Phi) is 1.93. The molecule has 1 saturated carbocycles. The van der Waals surface area contributed by atoms with Gasteiger partial charge in [0.15, 0.2) is 0 Å². The maximum atomic E-state index is 2.36. The topological polar surface area (TPSA) is 0 Å². The zero-order valence-electron chi connectivity index (χ0n) is 5.98. The molecule has 0 spiro atoms. The Morgan fingerprint density at radius 2 is 2.12 bits per heavy atom. The minimum atomic E-state index is 1.07. The monoisotopic (exact) mass is 112 g/mol. The Balaban J connectivity index is 1.89. The van der Waals surface area contributed by atoms with Crippen molar-refractivity contribution in [3.8, 4) is 0 Å². The second-order valence-electron chi connectivity index (χ2n) is 3.12. The molecule has 0 amide bonds. The van der Waals surface area contributed by atoms with Crippen molar-refractivity contribution in [2.45, 2.75) is 39.5 Å². The van der Waals surface area contributed by atoms with Crippen LogP contribution in [0.5, 0.6) is 0 Å². The van der Waals surface area contributed by atoms with E-state index in [9.17, 15) is 0 Å². The molecular formula is C8H16. The van der Waals surface area contributed by atoms with Gasteiger partial charge in [0.2, 0.25) is 0 Å². The van der Waals surface area contributed by atoms with Crippen molar-refractivity contribution in [2.24, 2.45) is 11.8 Å². The van der Waals surface area contributed by atoms with Gasteiger partial charge in [-0.25, -0.2) is 0 Å². The van der Waals surface area contributed by atoms with Gasteiger partial charge in [0.1, 0.15) is 0 Å². The molecule has 0 bridgehead atoms. The van der Waals surface area contributed by atoms with Gasteiger partial charge in [0.25, 0.3) is 0 Å². The summed E-state index contributed by atoms with van der Waals surface area (Å²) in [6, 6.07) is 0. The molecule has 2 atom stereocenters. The van der Waals surface area contributed by atoms with E-state index in [1.807, 2.05) is 0 Å². The van der Waals surface area contributed by atoms with Crippen LogP contribution in [0.1, 0.15) is 39.5 Å². The highest BCUT2D eigenvalue weighted by atomic mass is 14.4. The lowest BCUT2D eigenvalue weighted by Crippen LogP contribution is -1.77. The first-order chi connectivity index (χ1) is 3.84. The normalized spacial score (nSPS) is 35.2. The molecule has 0 aromatic rings. The number of hydrogen-bond acceptors (Lipinski definition) is 0. The Hall–Kier alpha value is 0. The Morgan fingerprint density at radius 1 is 1.50 bits per heavy atom. The first-order valence-corrected chi connectivity index (χ1v) is 3.84. The number of rotatable bonds is 3. The summed E-state index contributed by atoms with van der Waals surface area (Å²) in [5.41, 5.74) is 0. The largest absolute Gasteiger partial charge is 0.0654 e. The fraction of sp³-hybridized carbons (Fsp3) is 1.00. The first kappa shape index (κ1) is 6.12. The van der Waals surface area contributed by atoms with E-state index in [-0.39, 0.29) is 0 Å². The van der Waals surface area contributed by atoms with Crippen LogP contribution >= 0.6 is 0 Å². The van der Waals surface area contributed by atoms with Gasteiger partial charge in [-0.15, -0.1) is 0 Å². The molecule has 0 N–H and O–H groups in total. The molecule has 1 rings (SSSR count). The van der Waals surface area contributed by atoms with Crippen LogP contribution in [0.4, 0.5) is 0 Å². The van der Waals surface area contributed by atoms with E-state index in [0.717, 1.165) is 11.8 Å².